The van der Waals surface area contributed by atoms with Gasteiger partial charge in [0.25, 0.3) is 5.56 Å². The van der Waals surface area contributed by atoms with Crippen LogP contribution in [0.2, 0.25) is 0 Å². The second-order valence-electron chi connectivity index (χ2n) is 9.28. The van der Waals surface area contributed by atoms with E-state index in [2.05, 4.69) is 14.9 Å². The molecule has 2 fully saturated rings. The van der Waals surface area contributed by atoms with Gasteiger partial charge >= 0.3 is 0 Å². The summed E-state index contributed by atoms with van der Waals surface area (Å²) in [6.45, 7) is 6.61. The first-order valence-corrected chi connectivity index (χ1v) is 9.71. The molecule has 2 aromatic rings. The second-order valence-corrected chi connectivity index (χ2v) is 9.28. The average molecular weight is 382 g/mol. The molecule has 4 rings (SSSR count). The van der Waals surface area contributed by atoms with Gasteiger partial charge in [-0.1, -0.05) is 0 Å². The highest BCUT2D eigenvalue weighted by Crippen LogP contribution is 2.55. The van der Waals surface area contributed by atoms with E-state index in [1.165, 1.54) is 0 Å². The molecular formula is C21H26N4O3. The van der Waals surface area contributed by atoms with Gasteiger partial charge in [-0.25, -0.2) is 4.98 Å². The number of pyridine rings is 2. The van der Waals surface area contributed by atoms with Crippen LogP contribution in [0.15, 0.2) is 16.9 Å². The van der Waals surface area contributed by atoms with Gasteiger partial charge in [-0.05, 0) is 64.0 Å². The summed E-state index contributed by atoms with van der Waals surface area (Å²) in [6, 6.07) is 5.47. The Balaban J connectivity index is 1.77. The van der Waals surface area contributed by atoms with Gasteiger partial charge < -0.3 is 20.1 Å². The largest absolute Gasteiger partial charge is 0.390 e. The number of H-pyrrole nitrogens is 1. The number of fused-ring (bicyclic) bond motifs is 1. The van der Waals surface area contributed by atoms with Crippen LogP contribution in [-0.4, -0.2) is 38.9 Å². The first kappa shape index (κ1) is 18.9. The number of nitrogens with zero attached hydrogens (tertiary/aromatic N) is 3. The van der Waals surface area contributed by atoms with Gasteiger partial charge in [-0.2, -0.15) is 5.26 Å². The maximum atomic E-state index is 12.5. The molecule has 1 saturated carbocycles. The monoisotopic (exact) mass is 382 g/mol. The predicted octanol–water partition coefficient (Wildman–Crippen LogP) is 2.15. The van der Waals surface area contributed by atoms with Gasteiger partial charge in [0.15, 0.2) is 0 Å². The lowest BCUT2D eigenvalue weighted by Crippen LogP contribution is -2.55. The van der Waals surface area contributed by atoms with Gasteiger partial charge in [0.2, 0.25) is 0 Å². The van der Waals surface area contributed by atoms with E-state index in [1.807, 2.05) is 13.0 Å². The number of hydrogen-bond donors (Lipinski definition) is 3. The van der Waals surface area contributed by atoms with Crippen molar-refractivity contribution in [2.45, 2.75) is 57.7 Å². The number of aromatic amines is 1. The molecule has 1 aliphatic heterocycles. The summed E-state index contributed by atoms with van der Waals surface area (Å²) in [4.78, 5) is 21.9. The Morgan fingerprint density at radius 2 is 1.93 bits per heavy atom. The molecule has 0 amide bonds. The molecule has 0 atom stereocenters. The van der Waals surface area contributed by atoms with Crippen LogP contribution in [0.5, 0.6) is 0 Å². The van der Waals surface area contributed by atoms with Crippen LogP contribution < -0.4 is 10.5 Å². The third kappa shape index (κ3) is 3.07. The normalized spacial score (nSPS) is 20.8. The number of aromatic nitrogens is 2. The third-order valence-corrected chi connectivity index (χ3v) is 6.22. The van der Waals surface area contributed by atoms with Crippen molar-refractivity contribution in [2.75, 3.05) is 18.0 Å². The van der Waals surface area contributed by atoms with Crippen molar-refractivity contribution in [3.63, 3.8) is 0 Å². The summed E-state index contributed by atoms with van der Waals surface area (Å²) >= 11 is 0. The number of nitriles is 1. The average Bonchev–Trinajstić information content (AvgIpc) is 2.58. The zero-order chi connectivity index (χ0) is 20.3. The smallest absolute Gasteiger partial charge is 0.268 e. The highest BCUT2D eigenvalue weighted by atomic mass is 16.3. The van der Waals surface area contributed by atoms with Crippen molar-refractivity contribution >= 4 is 16.7 Å². The summed E-state index contributed by atoms with van der Waals surface area (Å²) < 4.78 is 0. The molecule has 0 aromatic carbocycles. The molecule has 1 spiro atoms. The van der Waals surface area contributed by atoms with Crippen molar-refractivity contribution in [2.24, 2.45) is 5.41 Å². The molecule has 7 nitrogen and oxygen atoms in total. The maximum Gasteiger partial charge on any atom is 0.268 e. The summed E-state index contributed by atoms with van der Waals surface area (Å²) in [6.07, 6.45) is 3.42. The lowest BCUT2D eigenvalue weighted by atomic mass is 9.56. The Kier molecular flexibility index (Phi) is 4.07. The summed E-state index contributed by atoms with van der Waals surface area (Å²) in [5.74, 6) is 0. The number of rotatable bonds is 2. The van der Waals surface area contributed by atoms with Gasteiger partial charge in [0.05, 0.1) is 22.5 Å². The van der Waals surface area contributed by atoms with Crippen LogP contribution >= 0.6 is 0 Å². The van der Waals surface area contributed by atoms with Gasteiger partial charge in [0.1, 0.15) is 22.8 Å². The summed E-state index contributed by atoms with van der Waals surface area (Å²) in [5, 5.41) is 30.1. The van der Waals surface area contributed by atoms with Crippen LogP contribution in [0.25, 0.3) is 11.0 Å². The fourth-order valence-electron chi connectivity index (χ4n) is 5.03. The molecule has 2 aliphatic rings. The van der Waals surface area contributed by atoms with E-state index in [-0.39, 0.29) is 11.0 Å². The Labute approximate surface area is 163 Å². The van der Waals surface area contributed by atoms with Crippen LogP contribution in [0.3, 0.4) is 0 Å². The van der Waals surface area contributed by atoms with E-state index < -0.39 is 16.8 Å². The van der Waals surface area contributed by atoms with Crippen molar-refractivity contribution in [3.8, 4) is 6.07 Å². The van der Waals surface area contributed by atoms with E-state index in [0.717, 1.165) is 25.7 Å². The Bertz CT molecular complexity index is 1020. The molecule has 148 valence electrons. The standard InChI is InChI=1S/C21H26N4O3/c1-19(2,27)15-5-4-14-16(24-15)17(13(10-22)18(26)23-14)25-8-6-21(7-9-25)11-20(3,28)12-21/h4-5,27-28H,6-9,11-12H2,1-3H3,(H,23,26). The van der Waals surface area contributed by atoms with E-state index in [9.17, 15) is 20.3 Å². The summed E-state index contributed by atoms with van der Waals surface area (Å²) in [7, 11) is 0. The van der Waals surface area contributed by atoms with Crippen molar-refractivity contribution in [1.82, 2.24) is 9.97 Å². The molecule has 0 bridgehead atoms. The zero-order valence-corrected chi connectivity index (χ0v) is 16.5. The minimum absolute atomic E-state index is 0.0597. The van der Waals surface area contributed by atoms with E-state index in [0.29, 0.717) is 35.5 Å². The number of nitrogens with one attached hydrogen (secondary N) is 1. The molecule has 3 heterocycles. The lowest BCUT2D eigenvalue weighted by molar-refractivity contribution is -0.124. The fraction of sp³-hybridized carbons (Fsp3) is 0.571. The van der Waals surface area contributed by atoms with E-state index in [1.54, 1.807) is 26.0 Å². The minimum atomic E-state index is -1.13. The highest BCUT2D eigenvalue weighted by molar-refractivity contribution is 5.91. The molecule has 28 heavy (non-hydrogen) atoms. The maximum absolute atomic E-state index is 12.5. The number of piperidine rings is 1. The molecule has 1 saturated heterocycles. The van der Waals surface area contributed by atoms with Crippen LogP contribution in [0.4, 0.5) is 5.69 Å². The first-order chi connectivity index (χ1) is 13.0. The molecule has 2 aromatic heterocycles. The molecule has 1 aliphatic carbocycles. The van der Waals surface area contributed by atoms with Crippen molar-refractivity contribution < 1.29 is 10.2 Å². The Morgan fingerprint density at radius 3 is 2.46 bits per heavy atom. The van der Waals surface area contributed by atoms with Gasteiger partial charge in [-0.3, -0.25) is 4.79 Å². The quantitative estimate of drug-likeness (QED) is 0.733. The highest BCUT2D eigenvalue weighted by Gasteiger charge is 2.51. The predicted molar refractivity (Wildman–Crippen MR) is 106 cm³/mol. The van der Waals surface area contributed by atoms with Gasteiger partial charge in [0, 0.05) is 13.1 Å². The molecule has 0 radical (unpaired) electrons. The zero-order valence-electron chi connectivity index (χ0n) is 16.5. The van der Waals surface area contributed by atoms with Crippen LogP contribution in [-0.2, 0) is 5.60 Å². The summed E-state index contributed by atoms with van der Waals surface area (Å²) in [5.41, 5.74) is 0.229. The lowest BCUT2D eigenvalue weighted by Gasteiger charge is -2.55. The number of aliphatic hydroxyl groups is 2. The Morgan fingerprint density at radius 1 is 1.29 bits per heavy atom. The van der Waals surface area contributed by atoms with Crippen molar-refractivity contribution in [3.05, 3.63) is 33.7 Å². The van der Waals surface area contributed by atoms with E-state index in [4.69, 9.17) is 0 Å². The first-order valence-electron chi connectivity index (χ1n) is 9.71. The van der Waals surface area contributed by atoms with E-state index >= 15 is 0 Å². The number of hydrogen-bond acceptors (Lipinski definition) is 6. The molecule has 3 N–H and O–H groups in total. The Hall–Kier alpha value is -2.43. The molecule has 7 heteroatoms. The third-order valence-electron chi connectivity index (χ3n) is 6.22. The van der Waals surface area contributed by atoms with Crippen molar-refractivity contribution in [1.29, 1.82) is 5.26 Å². The minimum Gasteiger partial charge on any atom is -0.390 e. The number of anilines is 1. The topological polar surface area (TPSA) is 113 Å². The second kappa shape index (κ2) is 6.03. The molecular weight excluding hydrogens is 356 g/mol. The fourth-order valence-corrected chi connectivity index (χ4v) is 5.03. The van der Waals surface area contributed by atoms with Crippen LogP contribution in [0.1, 0.15) is 57.7 Å². The SMILES string of the molecule is CC1(O)CC2(CCN(c3c(C#N)c(=O)[nH]c4ccc(C(C)(C)O)nc34)CC2)C1. The van der Waals surface area contributed by atoms with Crippen LogP contribution in [0, 0.1) is 16.7 Å². The van der Waals surface area contributed by atoms with Gasteiger partial charge in [-0.15, -0.1) is 0 Å². The molecule has 0 unspecified atom stereocenters.